The van der Waals surface area contributed by atoms with Crippen LogP contribution in [-0.2, 0) is 11.2 Å². The third-order valence-corrected chi connectivity index (χ3v) is 3.05. The first-order chi connectivity index (χ1) is 8.63. The first kappa shape index (κ1) is 10.8. The van der Waals surface area contributed by atoms with Crippen molar-refractivity contribution in [1.82, 2.24) is 0 Å². The molecule has 0 unspecified atom stereocenters. The molecule has 0 amide bonds. The summed E-state index contributed by atoms with van der Waals surface area (Å²) < 4.78 is 5.76. The summed E-state index contributed by atoms with van der Waals surface area (Å²) in [6.07, 6.45) is 0.0199. The van der Waals surface area contributed by atoms with E-state index < -0.39 is 5.97 Å². The van der Waals surface area contributed by atoms with Crippen LogP contribution in [0, 0.1) is 6.92 Å². The molecule has 0 radical (unpaired) electrons. The highest BCUT2D eigenvalue weighted by atomic mass is 16.4. The zero-order valence-electron chi connectivity index (χ0n) is 9.93. The molecule has 0 saturated carbocycles. The molecule has 3 aromatic rings. The van der Waals surface area contributed by atoms with Gasteiger partial charge in [0.2, 0.25) is 0 Å². The molecule has 0 saturated heterocycles. The third kappa shape index (κ3) is 1.74. The van der Waals surface area contributed by atoms with E-state index in [0.717, 1.165) is 33.1 Å². The molecule has 0 atom stereocenters. The first-order valence-corrected chi connectivity index (χ1v) is 5.77. The van der Waals surface area contributed by atoms with Gasteiger partial charge in [0.1, 0.15) is 11.2 Å². The van der Waals surface area contributed by atoms with Gasteiger partial charge in [-0.15, -0.1) is 0 Å². The van der Waals surface area contributed by atoms with E-state index in [9.17, 15) is 4.79 Å². The fourth-order valence-corrected chi connectivity index (χ4v) is 2.21. The smallest absolute Gasteiger partial charge is 0.307 e. The maximum absolute atomic E-state index is 10.7. The summed E-state index contributed by atoms with van der Waals surface area (Å²) in [5.41, 5.74) is 3.49. The molecule has 1 aromatic heterocycles. The van der Waals surface area contributed by atoms with Gasteiger partial charge in [-0.1, -0.05) is 24.3 Å². The number of furan rings is 1. The van der Waals surface area contributed by atoms with Crippen molar-refractivity contribution in [2.24, 2.45) is 0 Å². The van der Waals surface area contributed by atoms with Gasteiger partial charge in [0.25, 0.3) is 0 Å². The molecule has 1 N–H and O–H groups in total. The summed E-state index contributed by atoms with van der Waals surface area (Å²) in [4.78, 5) is 10.7. The molecular weight excluding hydrogens is 228 g/mol. The fraction of sp³-hybridized carbons (Fsp3) is 0.133. The minimum absolute atomic E-state index is 0.0199. The van der Waals surface area contributed by atoms with E-state index in [0.29, 0.717) is 0 Å². The second-order valence-electron chi connectivity index (χ2n) is 4.50. The maximum atomic E-state index is 10.7. The molecule has 3 rings (SSSR count). The van der Waals surface area contributed by atoms with Crippen LogP contribution in [0.15, 0.2) is 40.8 Å². The number of aryl methyl sites for hydroxylation is 1. The van der Waals surface area contributed by atoms with Gasteiger partial charge in [0.15, 0.2) is 0 Å². The van der Waals surface area contributed by atoms with Crippen molar-refractivity contribution in [2.45, 2.75) is 13.3 Å². The molecule has 90 valence electrons. The Hall–Kier alpha value is -2.29. The van der Waals surface area contributed by atoms with Crippen molar-refractivity contribution in [3.8, 4) is 0 Å². The third-order valence-electron chi connectivity index (χ3n) is 3.05. The van der Waals surface area contributed by atoms with E-state index in [-0.39, 0.29) is 6.42 Å². The normalized spacial score (nSPS) is 11.2. The van der Waals surface area contributed by atoms with E-state index in [1.54, 1.807) is 6.07 Å². The molecule has 3 nitrogen and oxygen atoms in total. The SMILES string of the molecule is Cc1ccc2c(c1)oc1cc(CC(=O)O)ccc12. The second kappa shape index (κ2) is 3.88. The van der Waals surface area contributed by atoms with E-state index in [1.165, 1.54) is 0 Å². The summed E-state index contributed by atoms with van der Waals surface area (Å²) in [5.74, 6) is -0.832. The van der Waals surface area contributed by atoms with Crippen LogP contribution in [0.25, 0.3) is 21.9 Å². The van der Waals surface area contributed by atoms with Gasteiger partial charge in [-0.25, -0.2) is 0 Å². The highest BCUT2D eigenvalue weighted by molar-refractivity contribution is 6.05. The number of carboxylic acid groups (broad SMARTS) is 1. The summed E-state index contributed by atoms with van der Waals surface area (Å²) in [6, 6.07) is 11.6. The van der Waals surface area contributed by atoms with Crippen molar-refractivity contribution < 1.29 is 14.3 Å². The van der Waals surface area contributed by atoms with Crippen LogP contribution < -0.4 is 0 Å². The molecule has 0 fully saturated rings. The molecule has 0 bridgehead atoms. The van der Waals surface area contributed by atoms with Crippen LogP contribution in [0.5, 0.6) is 0 Å². The lowest BCUT2D eigenvalue weighted by molar-refractivity contribution is -0.136. The molecule has 1 heterocycles. The molecule has 2 aromatic carbocycles. The Morgan fingerprint density at radius 3 is 2.50 bits per heavy atom. The lowest BCUT2D eigenvalue weighted by Gasteiger charge is -1.96. The Balaban J connectivity index is 2.22. The van der Waals surface area contributed by atoms with Gasteiger partial charge in [0, 0.05) is 10.8 Å². The minimum Gasteiger partial charge on any atom is -0.481 e. The van der Waals surface area contributed by atoms with Gasteiger partial charge in [-0.3, -0.25) is 4.79 Å². The Morgan fingerprint density at radius 2 is 1.78 bits per heavy atom. The van der Waals surface area contributed by atoms with E-state index in [4.69, 9.17) is 9.52 Å². The van der Waals surface area contributed by atoms with Crippen molar-refractivity contribution >= 4 is 27.9 Å². The number of hydrogen-bond donors (Lipinski definition) is 1. The number of benzene rings is 2. The van der Waals surface area contributed by atoms with Crippen LogP contribution in [0.4, 0.5) is 0 Å². The fourth-order valence-electron chi connectivity index (χ4n) is 2.21. The Morgan fingerprint density at radius 1 is 1.11 bits per heavy atom. The molecule has 0 aliphatic carbocycles. The quantitative estimate of drug-likeness (QED) is 0.745. The van der Waals surface area contributed by atoms with Crippen LogP contribution in [0.2, 0.25) is 0 Å². The van der Waals surface area contributed by atoms with Gasteiger partial charge in [0.05, 0.1) is 6.42 Å². The second-order valence-corrected chi connectivity index (χ2v) is 4.50. The zero-order chi connectivity index (χ0) is 12.7. The van der Waals surface area contributed by atoms with E-state index in [2.05, 4.69) is 0 Å². The van der Waals surface area contributed by atoms with Gasteiger partial charge < -0.3 is 9.52 Å². The molecule has 3 heteroatoms. The monoisotopic (exact) mass is 240 g/mol. The number of hydrogen-bond acceptors (Lipinski definition) is 2. The summed E-state index contributed by atoms with van der Waals surface area (Å²) in [5, 5.41) is 10.9. The number of rotatable bonds is 2. The Kier molecular flexibility index (Phi) is 2.33. The lowest BCUT2D eigenvalue weighted by Crippen LogP contribution is -1.99. The van der Waals surface area contributed by atoms with Crippen molar-refractivity contribution in [3.63, 3.8) is 0 Å². The van der Waals surface area contributed by atoms with Crippen LogP contribution in [0.1, 0.15) is 11.1 Å². The van der Waals surface area contributed by atoms with Gasteiger partial charge in [-0.2, -0.15) is 0 Å². The highest BCUT2D eigenvalue weighted by Gasteiger charge is 2.08. The zero-order valence-corrected chi connectivity index (χ0v) is 9.93. The molecule has 0 aliphatic heterocycles. The molecule has 18 heavy (non-hydrogen) atoms. The van der Waals surface area contributed by atoms with Crippen molar-refractivity contribution in [3.05, 3.63) is 47.5 Å². The molecule has 0 aliphatic rings. The predicted molar refractivity (Wildman–Crippen MR) is 69.8 cm³/mol. The maximum Gasteiger partial charge on any atom is 0.307 e. The van der Waals surface area contributed by atoms with Crippen LogP contribution in [0.3, 0.4) is 0 Å². The topological polar surface area (TPSA) is 50.4 Å². The largest absolute Gasteiger partial charge is 0.481 e. The summed E-state index contributed by atoms with van der Waals surface area (Å²) in [6.45, 7) is 2.02. The number of carbonyl (C=O) groups is 1. The number of carboxylic acids is 1. The molecular formula is C15H12O3. The average Bonchev–Trinajstić information content (AvgIpc) is 2.64. The van der Waals surface area contributed by atoms with Crippen molar-refractivity contribution in [2.75, 3.05) is 0 Å². The first-order valence-electron chi connectivity index (χ1n) is 5.77. The molecule has 0 spiro atoms. The number of fused-ring (bicyclic) bond motifs is 3. The van der Waals surface area contributed by atoms with Crippen LogP contribution >= 0.6 is 0 Å². The lowest BCUT2D eigenvalue weighted by atomic mass is 10.1. The Labute approximate surface area is 104 Å². The Bertz CT molecular complexity index is 753. The summed E-state index contributed by atoms with van der Waals surface area (Å²) >= 11 is 0. The van der Waals surface area contributed by atoms with Crippen LogP contribution in [-0.4, -0.2) is 11.1 Å². The standard InChI is InChI=1S/C15H12O3/c1-9-2-4-11-12-5-3-10(8-15(16)17)7-14(12)18-13(11)6-9/h2-7H,8H2,1H3,(H,16,17). The van der Waals surface area contributed by atoms with Gasteiger partial charge in [-0.05, 0) is 30.2 Å². The van der Waals surface area contributed by atoms with E-state index >= 15 is 0 Å². The summed E-state index contributed by atoms with van der Waals surface area (Å²) in [7, 11) is 0. The minimum atomic E-state index is -0.832. The van der Waals surface area contributed by atoms with Gasteiger partial charge >= 0.3 is 5.97 Å². The number of aliphatic carboxylic acids is 1. The van der Waals surface area contributed by atoms with Crippen molar-refractivity contribution in [1.29, 1.82) is 0 Å². The average molecular weight is 240 g/mol. The van der Waals surface area contributed by atoms with E-state index in [1.807, 2.05) is 37.3 Å². The predicted octanol–water partition coefficient (Wildman–Crippen LogP) is 3.52. The highest BCUT2D eigenvalue weighted by Crippen LogP contribution is 2.29.